The molecule has 1 fully saturated rings. The molecule has 1 amide bonds. The van der Waals surface area contributed by atoms with Crippen LogP contribution in [-0.2, 0) is 7.05 Å². The summed E-state index contributed by atoms with van der Waals surface area (Å²) in [6.07, 6.45) is 6.95. The van der Waals surface area contributed by atoms with Crippen molar-refractivity contribution in [3.05, 3.63) is 47.6 Å². The monoisotopic (exact) mass is 352 g/mol. The molecule has 0 bridgehead atoms. The Bertz CT molecular complexity index is 941. The fourth-order valence-corrected chi connectivity index (χ4v) is 3.50. The van der Waals surface area contributed by atoms with Gasteiger partial charge in [0.1, 0.15) is 5.76 Å². The first-order valence-electron chi connectivity index (χ1n) is 8.60. The fourth-order valence-electron chi connectivity index (χ4n) is 3.50. The van der Waals surface area contributed by atoms with E-state index in [4.69, 9.17) is 9.51 Å². The Hall–Kier alpha value is -3.03. The first kappa shape index (κ1) is 16.4. The second-order valence-electron chi connectivity index (χ2n) is 6.52. The summed E-state index contributed by atoms with van der Waals surface area (Å²) in [5.41, 5.74) is 2.40. The van der Waals surface area contributed by atoms with Crippen molar-refractivity contribution in [3.63, 3.8) is 0 Å². The van der Waals surface area contributed by atoms with Gasteiger partial charge < -0.3 is 14.0 Å². The van der Waals surface area contributed by atoms with Crippen molar-refractivity contribution in [2.24, 2.45) is 7.05 Å². The van der Waals surface area contributed by atoms with Gasteiger partial charge in [-0.1, -0.05) is 5.16 Å². The molecule has 0 N–H and O–H groups in total. The van der Waals surface area contributed by atoms with E-state index in [9.17, 15) is 4.79 Å². The molecule has 4 rings (SSSR count). The highest BCUT2D eigenvalue weighted by molar-refractivity contribution is 5.91. The minimum Gasteiger partial charge on any atom is -0.361 e. The van der Waals surface area contributed by atoms with Gasteiger partial charge in [0, 0.05) is 32.2 Å². The third-order valence-electron chi connectivity index (χ3n) is 4.80. The van der Waals surface area contributed by atoms with Crippen LogP contribution in [0.1, 0.15) is 46.7 Å². The molecule has 4 heterocycles. The van der Waals surface area contributed by atoms with Crippen LogP contribution in [0.15, 0.2) is 29.2 Å². The maximum atomic E-state index is 12.9. The van der Waals surface area contributed by atoms with Crippen LogP contribution in [0.25, 0.3) is 11.4 Å². The Morgan fingerprint density at radius 3 is 2.81 bits per heavy atom. The van der Waals surface area contributed by atoms with E-state index in [-0.39, 0.29) is 11.9 Å². The zero-order valence-corrected chi connectivity index (χ0v) is 15.0. The molecule has 0 radical (unpaired) electrons. The highest BCUT2D eigenvalue weighted by atomic mass is 16.5. The van der Waals surface area contributed by atoms with E-state index in [1.807, 2.05) is 31.9 Å². The average Bonchev–Trinajstić information content (AvgIpc) is 3.35. The molecule has 8 heteroatoms. The van der Waals surface area contributed by atoms with Crippen molar-refractivity contribution in [1.82, 2.24) is 29.6 Å². The highest BCUT2D eigenvalue weighted by Gasteiger charge is 2.33. The normalized spacial score (nSPS) is 17.0. The van der Waals surface area contributed by atoms with Crippen molar-refractivity contribution < 1.29 is 9.32 Å². The second kappa shape index (κ2) is 6.36. The zero-order chi connectivity index (χ0) is 18.3. The van der Waals surface area contributed by atoms with Gasteiger partial charge >= 0.3 is 0 Å². The predicted molar refractivity (Wildman–Crippen MR) is 93.2 cm³/mol. The summed E-state index contributed by atoms with van der Waals surface area (Å²) in [5.74, 6) is 1.64. The van der Waals surface area contributed by atoms with Gasteiger partial charge in [-0.3, -0.25) is 4.79 Å². The molecule has 1 atom stereocenters. The summed E-state index contributed by atoms with van der Waals surface area (Å²) in [6, 6.07) is 1.79. The number of rotatable bonds is 3. The maximum absolute atomic E-state index is 12.9. The van der Waals surface area contributed by atoms with Crippen LogP contribution in [0.5, 0.6) is 0 Å². The van der Waals surface area contributed by atoms with Crippen molar-refractivity contribution in [2.45, 2.75) is 32.7 Å². The summed E-state index contributed by atoms with van der Waals surface area (Å²) in [4.78, 5) is 28.0. The van der Waals surface area contributed by atoms with Crippen molar-refractivity contribution >= 4 is 5.91 Å². The summed E-state index contributed by atoms with van der Waals surface area (Å²) < 4.78 is 6.97. The van der Waals surface area contributed by atoms with E-state index in [1.54, 1.807) is 23.2 Å². The summed E-state index contributed by atoms with van der Waals surface area (Å²) in [7, 11) is 1.82. The van der Waals surface area contributed by atoms with Crippen LogP contribution < -0.4 is 0 Å². The van der Waals surface area contributed by atoms with Gasteiger partial charge in [0.2, 0.25) is 0 Å². The van der Waals surface area contributed by atoms with Crippen LogP contribution in [-0.4, -0.2) is 42.0 Å². The van der Waals surface area contributed by atoms with Gasteiger partial charge in [0.25, 0.3) is 5.91 Å². The predicted octanol–water partition coefficient (Wildman–Crippen LogP) is 2.46. The molecular weight excluding hydrogens is 332 g/mol. The van der Waals surface area contributed by atoms with Gasteiger partial charge in [0.15, 0.2) is 11.6 Å². The SMILES string of the molecule is Cc1noc(C)c1-c1nccc([C@@H]2CCCN2C(=O)c2nccn2C)n1. The Morgan fingerprint density at radius 1 is 1.27 bits per heavy atom. The molecule has 1 saturated heterocycles. The number of aromatic nitrogens is 5. The number of likely N-dealkylation sites (tertiary alicyclic amines) is 1. The molecule has 1 aliphatic rings. The Balaban J connectivity index is 1.68. The van der Waals surface area contributed by atoms with Gasteiger partial charge in [-0.05, 0) is 32.8 Å². The molecule has 3 aromatic rings. The van der Waals surface area contributed by atoms with E-state index in [0.29, 0.717) is 24.0 Å². The highest BCUT2D eigenvalue weighted by Crippen LogP contribution is 2.33. The molecule has 0 unspecified atom stereocenters. The minimum atomic E-state index is -0.0820. The van der Waals surface area contributed by atoms with Gasteiger partial charge in [-0.2, -0.15) is 0 Å². The molecule has 0 aliphatic carbocycles. The van der Waals surface area contributed by atoms with E-state index < -0.39 is 0 Å². The number of aryl methyl sites for hydroxylation is 3. The van der Waals surface area contributed by atoms with Crippen LogP contribution >= 0.6 is 0 Å². The first-order valence-corrected chi connectivity index (χ1v) is 8.60. The number of imidazole rings is 1. The summed E-state index contributed by atoms with van der Waals surface area (Å²) >= 11 is 0. The van der Waals surface area contributed by atoms with E-state index in [1.165, 1.54) is 0 Å². The lowest BCUT2D eigenvalue weighted by atomic mass is 10.1. The Morgan fingerprint density at radius 2 is 2.12 bits per heavy atom. The van der Waals surface area contributed by atoms with Crippen molar-refractivity contribution in [3.8, 4) is 11.4 Å². The van der Waals surface area contributed by atoms with E-state index in [0.717, 1.165) is 29.8 Å². The first-order chi connectivity index (χ1) is 12.6. The Kier molecular flexibility index (Phi) is 4.02. The van der Waals surface area contributed by atoms with Crippen LogP contribution in [0.3, 0.4) is 0 Å². The molecule has 0 spiro atoms. The molecule has 26 heavy (non-hydrogen) atoms. The zero-order valence-electron chi connectivity index (χ0n) is 15.0. The lowest BCUT2D eigenvalue weighted by Crippen LogP contribution is -2.32. The lowest BCUT2D eigenvalue weighted by molar-refractivity contribution is 0.0716. The van der Waals surface area contributed by atoms with E-state index >= 15 is 0 Å². The smallest absolute Gasteiger partial charge is 0.290 e. The second-order valence-corrected chi connectivity index (χ2v) is 6.52. The standard InChI is InChI=1S/C18H20N6O2/c1-11-15(12(2)26-22-11)16-19-7-6-13(21-16)14-5-4-9-24(14)18(25)17-20-8-10-23(17)3/h6-8,10,14H,4-5,9H2,1-3H3/t14-/m0/s1. The number of nitrogens with zero attached hydrogens (tertiary/aromatic N) is 6. The number of hydrogen-bond acceptors (Lipinski definition) is 6. The van der Waals surface area contributed by atoms with Crippen LogP contribution in [0.2, 0.25) is 0 Å². The van der Waals surface area contributed by atoms with Gasteiger partial charge in [-0.15, -0.1) is 0 Å². The quantitative estimate of drug-likeness (QED) is 0.719. The number of amides is 1. The molecule has 0 aromatic carbocycles. The third-order valence-corrected chi connectivity index (χ3v) is 4.80. The molecule has 1 aliphatic heterocycles. The summed E-state index contributed by atoms with van der Waals surface area (Å²) in [6.45, 7) is 4.41. The number of carbonyl (C=O) groups is 1. The fraction of sp³-hybridized carbons (Fsp3) is 0.389. The van der Waals surface area contributed by atoms with Gasteiger partial charge in [-0.25, -0.2) is 15.0 Å². The third kappa shape index (κ3) is 2.67. The molecule has 3 aromatic heterocycles. The topological polar surface area (TPSA) is 89.9 Å². The molecular formula is C18H20N6O2. The van der Waals surface area contributed by atoms with Crippen LogP contribution in [0.4, 0.5) is 0 Å². The molecule has 134 valence electrons. The van der Waals surface area contributed by atoms with E-state index in [2.05, 4.69) is 15.1 Å². The molecule has 8 nitrogen and oxygen atoms in total. The van der Waals surface area contributed by atoms with Crippen molar-refractivity contribution in [2.75, 3.05) is 6.54 Å². The van der Waals surface area contributed by atoms with Gasteiger partial charge in [0.05, 0.1) is 23.0 Å². The van der Waals surface area contributed by atoms with Crippen molar-refractivity contribution in [1.29, 1.82) is 0 Å². The Labute approximate surface area is 150 Å². The molecule has 0 saturated carbocycles. The summed E-state index contributed by atoms with van der Waals surface area (Å²) in [5, 5.41) is 3.98. The maximum Gasteiger partial charge on any atom is 0.290 e. The number of carbonyl (C=O) groups excluding carboxylic acids is 1. The average molecular weight is 352 g/mol. The van der Waals surface area contributed by atoms with Crippen LogP contribution in [0, 0.1) is 13.8 Å². The lowest BCUT2D eigenvalue weighted by Gasteiger charge is -2.24. The largest absolute Gasteiger partial charge is 0.361 e. The minimum absolute atomic E-state index is 0.0718. The number of hydrogen-bond donors (Lipinski definition) is 0.